The van der Waals surface area contributed by atoms with Gasteiger partial charge in [-0.15, -0.1) is 0 Å². The molecule has 0 radical (unpaired) electrons. The van der Waals surface area contributed by atoms with Crippen molar-refractivity contribution < 1.29 is 0 Å². The molecule has 0 aliphatic heterocycles. The summed E-state index contributed by atoms with van der Waals surface area (Å²) >= 11 is 0. The van der Waals surface area contributed by atoms with Crippen molar-refractivity contribution in [1.82, 2.24) is 0 Å². The van der Waals surface area contributed by atoms with Crippen LogP contribution in [0.3, 0.4) is 0 Å². The van der Waals surface area contributed by atoms with Gasteiger partial charge in [0.25, 0.3) is 0 Å². The van der Waals surface area contributed by atoms with Crippen LogP contribution in [0.4, 0.5) is 0 Å². The lowest BCUT2D eigenvalue weighted by Gasteiger charge is -2.24. The summed E-state index contributed by atoms with van der Waals surface area (Å²) in [5, 5.41) is 20.9. The van der Waals surface area contributed by atoms with Crippen molar-refractivity contribution >= 4 is 86.2 Å². The molecule has 0 bridgehead atoms. The monoisotopic (exact) mass is 730 g/mol. The van der Waals surface area contributed by atoms with Crippen LogP contribution in [-0.2, 0) is 0 Å². The van der Waals surface area contributed by atoms with E-state index in [1.165, 1.54) is 131 Å². The van der Waals surface area contributed by atoms with Crippen LogP contribution in [0.1, 0.15) is 0 Å². The molecule has 0 heteroatoms. The Labute approximate surface area is 335 Å². The Bertz CT molecular complexity index is 3730. The van der Waals surface area contributed by atoms with Gasteiger partial charge < -0.3 is 0 Å². The van der Waals surface area contributed by atoms with Crippen molar-refractivity contribution in [3.8, 4) is 44.5 Å². The molecule has 0 nitrogen and oxygen atoms in total. The van der Waals surface area contributed by atoms with Crippen LogP contribution in [0, 0.1) is 0 Å². The molecular formula is C58H34. The second-order valence-electron chi connectivity index (χ2n) is 15.8. The molecule has 0 spiro atoms. The van der Waals surface area contributed by atoms with Crippen molar-refractivity contribution in [3.05, 3.63) is 206 Å². The van der Waals surface area contributed by atoms with Crippen LogP contribution in [0.15, 0.2) is 206 Å². The largest absolute Gasteiger partial charge is 0.0622 e. The lowest BCUT2D eigenvalue weighted by Crippen LogP contribution is -1.96. The Kier molecular flexibility index (Phi) is 6.54. The van der Waals surface area contributed by atoms with E-state index >= 15 is 0 Å². The molecule has 0 aliphatic carbocycles. The minimum Gasteiger partial charge on any atom is -0.0622 e. The van der Waals surface area contributed by atoms with Gasteiger partial charge in [0, 0.05) is 0 Å². The second-order valence-corrected chi connectivity index (χ2v) is 15.8. The summed E-state index contributed by atoms with van der Waals surface area (Å²) in [6, 6.07) is 77.0. The molecule has 0 amide bonds. The maximum absolute atomic E-state index is 2.48. The third-order valence-electron chi connectivity index (χ3n) is 12.9. The molecule has 0 aliphatic rings. The first-order valence-corrected chi connectivity index (χ1v) is 20.3. The Hall–Kier alpha value is -7.54. The number of rotatable bonds is 4. The molecule has 58 heavy (non-hydrogen) atoms. The Morgan fingerprint density at radius 1 is 0.172 bits per heavy atom. The normalized spacial score (nSPS) is 12.1. The van der Waals surface area contributed by atoms with Crippen LogP contribution in [0.25, 0.3) is 131 Å². The topological polar surface area (TPSA) is 0 Å². The predicted octanol–water partition coefficient (Wildman–Crippen LogP) is 16.5. The van der Waals surface area contributed by atoms with Crippen molar-refractivity contribution in [1.29, 1.82) is 0 Å². The number of hydrogen-bond acceptors (Lipinski definition) is 0. The standard InChI is InChI=1S/C58H34/c1-5-18-36(19-6-1)48-53-43-31-15-27-35-28-16-32-44(47(35)43)54(53)49(37-20-7-2-8-21-37)58-51(39-24-11-4-12-25-39)56-46-34-40-26-13-14-29-41(40)42-30-17-33-45(52(42)46)55(56)50(57(48)58)38-22-9-3-10-23-38/h1-34H. The molecule has 0 saturated heterocycles. The first-order valence-electron chi connectivity index (χ1n) is 20.3. The molecule has 266 valence electrons. The molecule has 0 saturated carbocycles. The van der Waals surface area contributed by atoms with Crippen LogP contribution in [0.2, 0.25) is 0 Å². The van der Waals surface area contributed by atoms with Crippen LogP contribution < -0.4 is 0 Å². The van der Waals surface area contributed by atoms with E-state index < -0.39 is 0 Å². The van der Waals surface area contributed by atoms with Gasteiger partial charge in [0.2, 0.25) is 0 Å². The summed E-state index contributed by atoms with van der Waals surface area (Å²) in [7, 11) is 0. The molecular weight excluding hydrogens is 697 g/mol. The highest BCUT2D eigenvalue weighted by Gasteiger charge is 2.31. The van der Waals surface area contributed by atoms with E-state index in [4.69, 9.17) is 0 Å². The van der Waals surface area contributed by atoms with Crippen molar-refractivity contribution in [3.63, 3.8) is 0 Å². The third kappa shape index (κ3) is 4.19. The van der Waals surface area contributed by atoms with Gasteiger partial charge in [-0.05, 0) is 137 Å². The van der Waals surface area contributed by atoms with E-state index in [1.54, 1.807) is 0 Å². The quantitative estimate of drug-likeness (QED) is 0.158. The molecule has 13 aromatic carbocycles. The summed E-state index contributed by atoms with van der Waals surface area (Å²) in [5.41, 5.74) is 10.1. The van der Waals surface area contributed by atoms with Crippen LogP contribution in [-0.4, -0.2) is 0 Å². The van der Waals surface area contributed by atoms with Crippen molar-refractivity contribution in [2.75, 3.05) is 0 Å². The fourth-order valence-electron chi connectivity index (χ4n) is 10.7. The molecule has 13 rings (SSSR count). The number of hydrogen-bond donors (Lipinski definition) is 0. The van der Waals surface area contributed by atoms with Gasteiger partial charge in [-0.1, -0.05) is 200 Å². The first kappa shape index (κ1) is 31.6. The number of fused-ring (bicyclic) bond motifs is 9. The fourth-order valence-corrected chi connectivity index (χ4v) is 10.7. The molecule has 0 fully saturated rings. The van der Waals surface area contributed by atoms with Gasteiger partial charge in [-0.3, -0.25) is 0 Å². The van der Waals surface area contributed by atoms with Crippen molar-refractivity contribution in [2.24, 2.45) is 0 Å². The van der Waals surface area contributed by atoms with Gasteiger partial charge in [0.1, 0.15) is 0 Å². The van der Waals surface area contributed by atoms with E-state index in [-0.39, 0.29) is 0 Å². The lowest BCUT2D eigenvalue weighted by atomic mass is 9.78. The van der Waals surface area contributed by atoms with Crippen LogP contribution >= 0.6 is 0 Å². The minimum absolute atomic E-state index is 1.22. The van der Waals surface area contributed by atoms with Gasteiger partial charge in [-0.25, -0.2) is 0 Å². The highest BCUT2D eigenvalue weighted by atomic mass is 14.3. The molecule has 13 aromatic rings. The van der Waals surface area contributed by atoms with Crippen LogP contribution in [0.5, 0.6) is 0 Å². The second kappa shape index (κ2) is 12.0. The molecule has 0 unspecified atom stereocenters. The van der Waals surface area contributed by atoms with Gasteiger partial charge in [0.05, 0.1) is 0 Å². The average molecular weight is 731 g/mol. The summed E-state index contributed by atoms with van der Waals surface area (Å²) in [4.78, 5) is 0. The molecule has 0 N–H and O–H groups in total. The molecule has 0 heterocycles. The van der Waals surface area contributed by atoms with Gasteiger partial charge in [0.15, 0.2) is 0 Å². The zero-order valence-corrected chi connectivity index (χ0v) is 31.6. The highest BCUT2D eigenvalue weighted by Crippen LogP contribution is 2.59. The molecule has 0 atom stereocenters. The maximum atomic E-state index is 2.48. The van der Waals surface area contributed by atoms with E-state index in [9.17, 15) is 0 Å². The van der Waals surface area contributed by atoms with E-state index in [1.807, 2.05) is 0 Å². The first-order chi connectivity index (χ1) is 28.8. The zero-order chi connectivity index (χ0) is 37.9. The predicted molar refractivity (Wildman–Crippen MR) is 251 cm³/mol. The third-order valence-corrected chi connectivity index (χ3v) is 12.9. The van der Waals surface area contributed by atoms with Crippen molar-refractivity contribution in [2.45, 2.75) is 0 Å². The summed E-state index contributed by atoms with van der Waals surface area (Å²) in [5.74, 6) is 0. The van der Waals surface area contributed by atoms with E-state index in [0.717, 1.165) is 0 Å². The number of benzene rings is 11. The maximum Gasteiger partial charge on any atom is -0.0000928 e. The Morgan fingerprint density at radius 2 is 0.500 bits per heavy atom. The smallest absolute Gasteiger partial charge is 0.0000928 e. The summed E-state index contributed by atoms with van der Waals surface area (Å²) in [6.45, 7) is 0. The fraction of sp³-hybridized carbons (Fsp3) is 0. The Morgan fingerprint density at radius 3 is 0.966 bits per heavy atom. The zero-order valence-electron chi connectivity index (χ0n) is 31.6. The average Bonchev–Trinajstić information content (AvgIpc) is 3.80. The van der Waals surface area contributed by atoms with E-state index in [2.05, 4.69) is 206 Å². The summed E-state index contributed by atoms with van der Waals surface area (Å²) in [6.07, 6.45) is 0. The van der Waals surface area contributed by atoms with E-state index in [0.29, 0.717) is 0 Å². The lowest BCUT2D eigenvalue weighted by molar-refractivity contribution is 1.65. The highest BCUT2D eigenvalue weighted by molar-refractivity contribution is 6.48. The SMILES string of the molecule is c1ccc(-c2c3c(-c4ccccc4)c4c5cccc6c7ccccc7cc(c4c(-c4ccccc4)c3c(-c3ccccc3)c3c4cccc7cccc(c23)c74)c65)cc1. The minimum atomic E-state index is 1.22. The Balaban J connectivity index is 1.47. The summed E-state index contributed by atoms with van der Waals surface area (Å²) < 4.78 is 0. The van der Waals surface area contributed by atoms with Gasteiger partial charge in [-0.2, -0.15) is 0 Å². The van der Waals surface area contributed by atoms with Gasteiger partial charge >= 0.3 is 0 Å². The molecule has 0 aromatic heterocycles.